The van der Waals surface area contributed by atoms with Crippen LogP contribution in [-0.2, 0) is 6.54 Å². The third-order valence-electron chi connectivity index (χ3n) is 3.82. The lowest BCUT2D eigenvalue weighted by atomic mass is 10.1. The van der Waals surface area contributed by atoms with Crippen LogP contribution in [0.4, 0.5) is 5.69 Å². The highest BCUT2D eigenvalue weighted by atomic mass is 79.9. The topological polar surface area (TPSA) is 46.8 Å². The number of hydrogen-bond acceptors (Lipinski definition) is 4. The summed E-state index contributed by atoms with van der Waals surface area (Å²) in [6.07, 6.45) is 0. The van der Waals surface area contributed by atoms with E-state index in [1.807, 2.05) is 53.1 Å². The number of benzene rings is 2. The Morgan fingerprint density at radius 2 is 1.77 bits per heavy atom. The Morgan fingerprint density at radius 1 is 1.12 bits per heavy atom. The molecule has 0 saturated heterocycles. The summed E-state index contributed by atoms with van der Waals surface area (Å²) in [6.45, 7) is 2.60. The van der Waals surface area contributed by atoms with Crippen molar-refractivity contribution in [3.05, 3.63) is 63.2 Å². The van der Waals surface area contributed by atoms with Crippen molar-refractivity contribution in [2.45, 2.75) is 13.5 Å². The fourth-order valence-corrected chi connectivity index (χ4v) is 3.82. The lowest BCUT2D eigenvalue weighted by Crippen LogP contribution is -2.17. The third-order valence-corrected chi connectivity index (χ3v) is 5.06. The van der Waals surface area contributed by atoms with E-state index in [0.29, 0.717) is 11.6 Å². The maximum atomic E-state index is 9.51. The third kappa shape index (κ3) is 4.57. The molecule has 0 aliphatic rings. The average molecular weight is 456 g/mol. The van der Waals surface area contributed by atoms with Gasteiger partial charge in [0.1, 0.15) is 5.75 Å². The molecule has 4 nitrogen and oxygen atoms in total. The predicted octanol–water partition coefficient (Wildman–Crippen LogP) is 4.99. The molecule has 0 radical (unpaired) electrons. The summed E-state index contributed by atoms with van der Waals surface area (Å²) in [5.41, 5.74) is 2.96. The number of aromatic nitrogens is 1. The van der Waals surface area contributed by atoms with Gasteiger partial charge >= 0.3 is 0 Å². The van der Waals surface area contributed by atoms with E-state index in [-0.39, 0.29) is 23.6 Å². The van der Waals surface area contributed by atoms with E-state index in [9.17, 15) is 5.11 Å². The van der Waals surface area contributed by atoms with Crippen LogP contribution in [0.5, 0.6) is 5.75 Å². The Bertz CT molecular complexity index is 918. The molecule has 0 atom stereocenters. The molecule has 26 heavy (non-hydrogen) atoms. The highest BCUT2D eigenvalue weighted by Crippen LogP contribution is 2.27. The van der Waals surface area contributed by atoms with Gasteiger partial charge in [-0.1, -0.05) is 23.7 Å². The van der Waals surface area contributed by atoms with E-state index < -0.39 is 0 Å². The number of thiazole rings is 1. The summed E-state index contributed by atoms with van der Waals surface area (Å²) in [7, 11) is 1.64. The second kappa shape index (κ2) is 9.37. The molecule has 0 amide bonds. The largest absolute Gasteiger partial charge is 0.497 e. The molecule has 3 aromatic rings. The number of aliphatic hydroxyl groups excluding tert-OH is 1. The van der Waals surface area contributed by atoms with Crippen LogP contribution < -0.4 is 9.54 Å². The van der Waals surface area contributed by atoms with E-state index in [1.165, 1.54) is 0 Å². The maximum Gasteiger partial charge on any atom is 0.190 e. The van der Waals surface area contributed by atoms with Crippen molar-refractivity contribution in [1.82, 2.24) is 4.57 Å². The van der Waals surface area contributed by atoms with Gasteiger partial charge in [0.15, 0.2) is 4.80 Å². The van der Waals surface area contributed by atoms with Gasteiger partial charge in [-0.25, -0.2) is 4.99 Å². The van der Waals surface area contributed by atoms with E-state index >= 15 is 0 Å². The number of aryl methyl sites for hydroxylation is 1. The van der Waals surface area contributed by atoms with Gasteiger partial charge < -0.3 is 14.4 Å². The Hall–Kier alpha value is -1.60. The maximum absolute atomic E-state index is 9.51. The van der Waals surface area contributed by atoms with Gasteiger partial charge in [0.2, 0.25) is 0 Å². The van der Waals surface area contributed by atoms with Crippen LogP contribution in [0.25, 0.3) is 11.3 Å². The zero-order valence-corrected chi connectivity index (χ0v) is 17.8. The smallest absolute Gasteiger partial charge is 0.190 e. The number of ether oxygens (including phenoxy) is 1. The Kier molecular flexibility index (Phi) is 7.46. The summed E-state index contributed by atoms with van der Waals surface area (Å²) in [5.74, 6) is 0.798. The number of methoxy groups -OCH3 is 1. The molecule has 2 aromatic carbocycles. The highest BCUT2D eigenvalue weighted by Gasteiger charge is 2.12. The Labute approximate surface area is 172 Å². The molecule has 1 N–H and O–H groups in total. The molecule has 7 heteroatoms. The number of halogens is 2. The fraction of sp³-hybridized carbons (Fsp3) is 0.211. The normalized spacial score (nSPS) is 11.3. The summed E-state index contributed by atoms with van der Waals surface area (Å²) in [5, 5.41) is 10.2. The van der Waals surface area contributed by atoms with Crippen molar-refractivity contribution in [1.29, 1.82) is 0 Å². The van der Waals surface area contributed by atoms with Gasteiger partial charge in [0.25, 0.3) is 0 Å². The minimum atomic E-state index is 0. The van der Waals surface area contributed by atoms with Gasteiger partial charge in [-0.3, -0.25) is 0 Å². The van der Waals surface area contributed by atoms with E-state index in [2.05, 4.69) is 6.92 Å². The number of rotatable bonds is 5. The molecule has 0 saturated carbocycles. The van der Waals surface area contributed by atoms with Crippen LogP contribution in [0, 0.1) is 6.92 Å². The van der Waals surface area contributed by atoms with Crippen LogP contribution in [0.2, 0.25) is 5.02 Å². The van der Waals surface area contributed by atoms with E-state index in [0.717, 1.165) is 32.4 Å². The molecule has 0 spiro atoms. The van der Waals surface area contributed by atoms with Crippen molar-refractivity contribution in [2.75, 3.05) is 13.7 Å². The van der Waals surface area contributed by atoms with E-state index in [1.54, 1.807) is 18.4 Å². The lowest BCUT2D eigenvalue weighted by molar-refractivity contribution is 0.275. The second-order valence-electron chi connectivity index (χ2n) is 5.48. The van der Waals surface area contributed by atoms with Crippen molar-refractivity contribution in [3.63, 3.8) is 0 Å². The van der Waals surface area contributed by atoms with Crippen LogP contribution in [0.15, 0.2) is 53.5 Å². The number of aliphatic hydroxyl groups is 1. The molecule has 3 rings (SSSR count). The first-order valence-corrected chi connectivity index (χ1v) is 9.07. The highest BCUT2D eigenvalue weighted by molar-refractivity contribution is 8.93. The number of hydrogen-bond donors (Lipinski definition) is 1. The monoisotopic (exact) mass is 454 g/mol. The fourth-order valence-electron chi connectivity index (χ4n) is 2.65. The molecule has 0 bridgehead atoms. The zero-order valence-electron chi connectivity index (χ0n) is 14.5. The molecule has 0 unspecified atom stereocenters. The molecule has 0 fully saturated rings. The van der Waals surface area contributed by atoms with Gasteiger partial charge in [-0.2, -0.15) is 0 Å². The minimum absolute atomic E-state index is 0. The molecular weight excluding hydrogens is 436 g/mol. The first-order chi connectivity index (χ1) is 12.1. The van der Waals surface area contributed by atoms with Crippen LogP contribution >= 0.6 is 39.9 Å². The van der Waals surface area contributed by atoms with Crippen molar-refractivity contribution >= 4 is 45.6 Å². The lowest BCUT2D eigenvalue weighted by Gasteiger charge is -2.09. The summed E-state index contributed by atoms with van der Waals surface area (Å²) < 4.78 is 7.23. The zero-order chi connectivity index (χ0) is 17.8. The van der Waals surface area contributed by atoms with Crippen molar-refractivity contribution in [2.24, 2.45) is 4.99 Å². The SMILES string of the molecule is Br.COc1ccc(N=c2sc(C)c(-c3ccc(Cl)cc3)n2CCO)cc1. The first-order valence-electron chi connectivity index (χ1n) is 7.88. The van der Waals surface area contributed by atoms with Gasteiger partial charge in [0.05, 0.1) is 25.1 Å². The van der Waals surface area contributed by atoms with Crippen molar-refractivity contribution in [3.8, 4) is 17.0 Å². The van der Waals surface area contributed by atoms with E-state index in [4.69, 9.17) is 21.3 Å². The quantitative estimate of drug-likeness (QED) is 0.589. The molecule has 0 aliphatic heterocycles. The molecule has 1 heterocycles. The molecule has 1 aromatic heterocycles. The summed E-state index contributed by atoms with van der Waals surface area (Å²) in [4.78, 5) is 6.74. The number of nitrogens with zero attached hydrogens (tertiary/aromatic N) is 2. The summed E-state index contributed by atoms with van der Waals surface area (Å²) in [6, 6.07) is 15.3. The molecular formula is C19H20BrClN2O2S. The minimum Gasteiger partial charge on any atom is -0.497 e. The van der Waals surface area contributed by atoms with Gasteiger partial charge in [-0.05, 0) is 48.9 Å². The van der Waals surface area contributed by atoms with Crippen LogP contribution in [0.3, 0.4) is 0 Å². The van der Waals surface area contributed by atoms with Gasteiger partial charge in [-0.15, -0.1) is 28.3 Å². The average Bonchev–Trinajstić information content (AvgIpc) is 2.92. The predicted molar refractivity (Wildman–Crippen MR) is 113 cm³/mol. The van der Waals surface area contributed by atoms with Crippen LogP contribution in [-0.4, -0.2) is 23.4 Å². The Balaban J connectivity index is 0.00000243. The van der Waals surface area contributed by atoms with Gasteiger partial charge in [0, 0.05) is 16.4 Å². The molecule has 138 valence electrons. The van der Waals surface area contributed by atoms with Crippen LogP contribution in [0.1, 0.15) is 4.88 Å². The van der Waals surface area contributed by atoms with Crippen molar-refractivity contribution < 1.29 is 9.84 Å². The molecule has 0 aliphatic carbocycles. The second-order valence-corrected chi connectivity index (χ2v) is 7.10. The standard InChI is InChI=1S/C19H19ClN2O2S.BrH/c1-13-18(14-3-5-15(20)6-4-14)22(11-12-23)19(25-13)21-16-7-9-17(24-2)10-8-16;/h3-10,23H,11-12H2,1-2H3;1H. The Morgan fingerprint density at radius 3 is 2.35 bits per heavy atom. The first kappa shape index (κ1) is 20.7. The summed E-state index contributed by atoms with van der Waals surface area (Å²) >= 11 is 7.61.